The monoisotopic (exact) mass is 257 g/mol. The van der Waals surface area contributed by atoms with Crippen molar-refractivity contribution in [3.8, 4) is 0 Å². The lowest BCUT2D eigenvalue weighted by molar-refractivity contribution is 0.878. The Kier molecular flexibility index (Phi) is 3.61. The molecule has 2 aromatic rings. The Morgan fingerprint density at radius 2 is 2.32 bits per heavy atom. The third-order valence-electron chi connectivity index (χ3n) is 2.71. The zero-order chi connectivity index (χ0) is 13.8. The van der Waals surface area contributed by atoms with Gasteiger partial charge in [0.15, 0.2) is 5.82 Å². The van der Waals surface area contributed by atoms with Gasteiger partial charge in [-0.2, -0.15) is 0 Å². The van der Waals surface area contributed by atoms with E-state index in [2.05, 4.69) is 9.97 Å². The molecule has 6 nitrogen and oxygen atoms in total. The van der Waals surface area contributed by atoms with Gasteiger partial charge in [-0.25, -0.2) is 4.98 Å². The Balaban J connectivity index is 2.22. The van der Waals surface area contributed by atoms with Gasteiger partial charge in [-0.3, -0.25) is 10.2 Å². The molecule has 0 bridgehead atoms. The van der Waals surface area contributed by atoms with Crippen LogP contribution in [0.3, 0.4) is 0 Å². The standard InChI is InChI=1S/C13H15N5O/c1-18(12-13(19)17-6-5-16-12)8-9-3-2-4-10(7-9)11(14)15/h2-7H,8H2,1H3,(H3,14,15)(H,17,19). The summed E-state index contributed by atoms with van der Waals surface area (Å²) in [6.45, 7) is 0.515. The van der Waals surface area contributed by atoms with Gasteiger partial charge in [-0.15, -0.1) is 0 Å². The van der Waals surface area contributed by atoms with Crippen molar-refractivity contribution in [1.29, 1.82) is 5.41 Å². The largest absolute Gasteiger partial charge is 0.384 e. The maximum atomic E-state index is 11.6. The highest BCUT2D eigenvalue weighted by molar-refractivity contribution is 5.95. The molecule has 0 spiro atoms. The molecule has 0 fully saturated rings. The molecule has 1 aromatic heterocycles. The van der Waals surface area contributed by atoms with Crippen LogP contribution in [0.4, 0.5) is 5.82 Å². The first-order valence-electron chi connectivity index (χ1n) is 5.76. The summed E-state index contributed by atoms with van der Waals surface area (Å²) in [6, 6.07) is 7.36. The Morgan fingerprint density at radius 3 is 3.00 bits per heavy atom. The minimum absolute atomic E-state index is 0.0280. The first-order valence-corrected chi connectivity index (χ1v) is 5.76. The van der Waals surface area contributed by atoms with Gasteiger partial charge in [0.2, 0.25) is 0 Å². The van der Waals surface area contributed by atoms with Crippen molar-refractivity contribution < 1.29 is 0 Å². The van der Waals surface area contributed by atoms with Crippen LogP contribution in [0.1, 0.15) is 11.1 Å². The summed E-state index contributed by atoms with van der Waals surface area (Å²) in [4.78, 5) is 20.0. The highest BCUT2D eigenvalue weighted by Crippen LogP contribution is 2.10. The van der Waals surface area contributed by atoms with Gasteiger partial charge in [-0.1, -0.05) is 18.2 Å². The van der Waals surface area contributed by atoms with E-state index < -0.39 is 0 Å². The van der Waals surface area contributed by atoms with Crippen LogP contribution in [0.2, 0.25) is 0 Å². The molecule has 0 amide bonds. The van der Waals surface area contributed by atoms with E-state index in [1.54, 1.807) is 24.2 Å². The number of nitrogens with zero attached hydrogens (tertiary/aromatic N) is 2. The van der Waals surface area contributed by atoms with Crippen LogP contribution in [-0.4, -0.2) is 22.9 Å². The number of hydrogen-bond donors (Lipinski definition) is 3. The topological polar surface area (TPSA) is 98.9 Å². The zero-order valence-electron chi connectivity index (χ0n) is 10.6. The second-order valence-electron chi connectivity index (χ2n) is 4.21. The van der Waals surface area contributed by atoms with Crippen LogP contribution in [0.15, 0.2) is 41.5 Å². The van der Waals surface area contributed by atoms with E-state index in [0.717, 1.165) is 5.56 Å². The summed E-state index contributed by atoms with van der Waals surface area (Å²) in [7, 11) is 1.79. The van der Waals surface area contributed by atoms with Gasteiger partial charge >= 0.3 is 0 Å². The van der Waals surface area contributed by atoms with E-state index >= 15 is 0 Å². The van der Waals surface area contributed by atoms with Gasteiger partial charge in [0, 0.05) is 31.5 Å². The number of aromatic nitrogens is 2. The van der Waals surface area contributed by atoms with Crippen molar-refractivity contribution in [3.63, 3.8) is 0 Å². The smallest absolute Gasteiger partial charge is 0.290 e. The van der Waals surface area contributed by atoms with Crippen LogP contribution in [0.25, 0.3) is 0 Å². The lowest BCUT2D eigenvalue weighted by Crippen LogP contribution is -2.25. The van der Waals surface area contributed by atoms with Crippen molar-refractivity contribution in [2.45, 2.75) is 6.54 Å². The van der Waals surface area contributed by atoms with Crippen molar-refractivity contribution in [1.82, 2.24) is 9.97 Å². The minimum atomic E-state index is -0.229. The lowest BCUT2D eigenvalue weighted by atomic mass is 10.1. The highest BCUT2D eigenvalue weighted by atomic mass is 16.1. The van der Waals surface area contributed by atoms with E-state index in [1.807, 2.05) is 18.2 Å². The number of nitrogens with two attached hydrogens (primary N) is 1. The predicted molar refractivity (Wildman–Crippen MR) is 74.4 cm³/mol. The molecule has 0 aliphatic carbocycles. The molecule has 4 N–H and O–H groups in total. The second kappa shape index (κ2) is 5.34. The Morgan fingerprint density at radius 1 is 1.53 bits per heavy atom. The van der Waals surface area contributed by atoms with Crippen LogP contribution >= 0.6 is 0 Å². The number of nitrogens with one attached hydrogen (secondary N) is 2. The van der Waals surface area contributed by atoms with Crippen LogP contribution in [-0.2, 0) is 6.54 Å². The SMILES string of the molecule is CN(Cc1cccc(C(=N)N)c1)c1ncc[nH]c1=O. The number of rotatable bonds is 4. The average Bonchev–Trinajstić information content (AvgIpc) is 2.39. The number of hydrogen-bond acceptors (Lipinski definition) is 4. The average molecular weight is 257 g/mol. The highest BCUT2D eigenvalue weighted by Gasteiger charge is 2.08. The van der Waals surface area contributed by atoms with Gasteiger partial charge < -0.3 is 15.6 Å². The first-order chi connectivity index (χ1) is 9.08. The predicted octanol–water partition coefficient (Wildman–Crippen LogP) is 0.690. The molecule has 0 aliphatic heterocycles. The fraction of sp³-hybridized carbons (Fsp3) is 0.154. The Labute approximate surface area is 110 Å². The number of anilines is 1. The van der Waals surface area contributed by atoms with E-state index in [-0.39, 0.29) is 11.4 Å². The Bertz CT molecular complexity index is 649. The van der Waals surface area contributed by atoms with Gasteiger partial charge in [-0.05, 0) is 11.6 Å². The summed E-state index contributed by atoms with van der Waals surface area (Å²) in [5.74, 6) is 0.385. The Hall–Kier alpha value is -2.63. The van der Waals surface area contributed by atoms with E-state index in [1.165, 1.54) is 6.20 Å². The van der Waals surface area contributed by atoms with Gasteiger partial charge in [0.25, 0.3) is 5.56 Å². The molecule has 19 heavy (non-hydrogen) atoms. The normalized spacial score (nSPS) is 10.2. The van der Waals surface area contributed by atoms with Crippen molar-refractivity contribution >= 4 is 11.7 Å². The number of amidine groups is 1. The molecule has 1 heterocycles. The summed E-state index contributed by atoms with van der Waals surface area (Å²) < 4.78 is 0. The maximum Gasteiger partial charge on any atom is 0.290 e. The molecular weight excluding hydrogens is 242 g/mol. The van der Waals surface area contributed by atoms with Crippen LogP contribution < -0.4 is 16.2 Å². The molecule has 6 heteroatoms. The first kappa shape index (κ1) is 12.8. The fourth-order valence-corrected chi connectivity index (χ4v) is 1.80. The summed E-state index contributed by atoms with van der Waals surface area (Å²) in [5, 5.41) is 7.41. The summed E-state index contributed by atoms with van der Waals surface area (Å²) in [5.41, 5.74) is 6.85. The van der Waals surface area contributed by atoms with Gasteiger partial charge in [0.1, 0.15) is 5.84 Å². The molecular formula is C13H15N5O. The number of H-pyrrole nitrogens is 1. The van der Waals surface area contributed by atoms with E-state index in [4.69, 9.17) is 11.1 Å². The number of aromatic amines is 1. The van der Waals surface area contributed by atoms with Crippen molar-refractivity contribution in [2.24, 2.45) is 5.73 Å². The lowest BCUT2D eigenvalue weighted by Gasteiger charge is -2.17. The molecule has 0 unspecified atom stereocenters. The van der Waals surface area contributed by atoms with Gasteiger partial charge in [0.05, 0.1) is 0 Å². The number of nitrogen functional groups attached to an aromatic ring is 1. The van der Waals surface area contributed by atoms with Crippen LogP contribution in [0.5, 0.6) is 0 Å². The van der Waals surface area contributed by atoms with Crippen molar-refractivity contribution in [2.75, 3.05) is 11.9 Å². The number of benzene rings is 1. The molecule has 2 rings (SSSR count). The molecule has 0 aliphatic rings. The molecule has 0 saturated heterocycles. The van der Waals surface area contributed by atoms with E-state index in [9.17, 15) is 4.79 Å². The minimum Gasteiger partial charge on any atom is -0.384 e. The summed E-state index contributed by atoms with van der Waals surface area (Å²) >= 11 is 0. The molecule has 0 saturated carbocycles. The fourth-order valence-electron chi connectivity index (χ4n) is 1.80. The molecule has 1 aromatic carbocycles. The van der Waals surface area contributed by atoms with Crippen molar-refractivity contribution in [3.05, 3.63) is 58.1 Å². The molecule has 0 atom stereocenters. The zero-order valence-corrected chi connectivity index (χ0v) is 10.6. The molecule has 0 radical (unpaired) electrons. The van der Waals surface area contributed by atoms with Crippen LogP contribution in [0, 0.1) is 5.41 Å². The van der Waals surface area contributed by atoms with E-state index in [0.29, 0.717) is 17.9 Å². The molecule has 98 valence electrons. The third kappa shape index (κ3) is 2.98. The summed E-state index contributed by atoms with van der Waals surface area (Å²) in [6.07, 6.45) is 3.04. The third-order valence-corrected chi connectivity index (χ3v) is 2.71. The quantitative estimate of drug-likeness (QED) is 0.554. The maximum absolute atomic E-state index is 11.6. The second-order valence-corrected chi connectivity index (χ2v) is 4.21.